The van der Waals surface area contributed by atoms with E-state index in [0.29, 0.717) is 35.3 Å². The van der Waals surface area contributed by atoms with Gasteiger partial charge in [-0.3, -0.25) is 14.4 Å². The van der Waals surface area contributed by atoms with Gasteiger partial charge in [0.2, 0.25) is 0 Å². The van der Waals surface area contributed by atoms with E-state index in [1.807, 2.05) is 0 Å². The Balaban J connectivity index is 1.74. The zero-order valence-electron chi connectivity index (χ0n) is 25.3. The van der Waals surface area contributed by atoms with E-state index in [2.05, 4.69) is 14.4 Å². The Hall–Kier alpha value is -5.21. The molecule has 0 bridgehead atoms. The first-order chi connectivity index (χ1) is 23.5. The number of hydrazone groups is 1. The van der Waals surface area contributed by atoms with E-state index in [9.17, 15) is 67.2 Å². The van der Waals surface area contributed by atoms with Gasteiger partial charge >= 0.3 is 0 Å². The quantitative estimate of drug-likeness (QED) is 0.0736. The van der Waals surface area contributed by atoms with Gasteiger partial charge in [0.15, 0.2) is 17.3 Å². The lowest BCUT2D eigenvalue weighted by Crippen LogP contribution is -2.23. The molecule has 20 nitrogen and oxygen atoms in total. The smallest absolute Gasteiger partial charge is 0.281 e. The zero-order chi connectivity index (χ0) is 38.2. The molecule has 2 aromatic carbocycles. The summed E-state index contributed by atoms with van der Waals surface area (Å²) in [6.07, 6.45) is 5.40. The molecule has 1 amide bonds. The molecule has 0 spiro atoms. The van der Waals surface area contributed by atoms with Crippen LogP contribution in [-0.4, -0.2) is 80.6 Å². The van der Waals surface area contributed by atoms with Crippen LogP contribution >= 0.6 is 0 Å². The fourth-order valence-corrected chi connectivity index (χ4v) is 6.24. The number of anilines is 1. The predicted molar refractivity (Wildman–Crippen MR) is 165 cm³/mol. The summed E-state index contributed by atoms with van der Waals surface area (Å²) >= 11 is -3.23. The molecule has 24 heteroatoms. The number of nitrogens with zero attached hydrogens (tertiary/aromatic N) is 4. The van der Waals surface area contributed by atoms with Crippen molar-refractivity contribution in [3.05, 3.63) is 77.5 Å². The van der Waals surface area contributed by atoms with Crippen LogP contribution in [0.15, 0.2) is 86.1 Å². The van der Waals surface area contributed by atoms with Gasteiger partial charge in [-0.05, 0) is 48.4 Å². The number of carbonyl (C=O) groups is 3. The maximum atomic E-state index is 13.3. The molecule has 0 N–H and O–H groups in total. The molecule has 4 rings (SSSR count). The van der Waals surface area contributed by atoms with Gasteiger partial charge in [-0.25, -0.2) is 34.1 Å². The van der Waals surface area contributed by atoms with Crippen LogP contribution in [0.1, 0.15) is 29.9 Å². The van der Waals surface area contributed by atoms with Gasteiger partial charge < -0.3 is 27.5 Å². The highest BCUT2D eigenvalue weighted by atomic mass is 32.2. The average Bonchev–Trinajstić information content (AvgIpc) is 3.51. The van der Waals surface area contributed by atoms with Gasteiger partial charge in [-0.1, -0.05) is 24.3 Å². The largest absolute Gasteiger partial charge is 0.858 e. The first-order valence-corrected chi connectivity index (χ1v) is 18.5. The number of hydrogen-bond donors (Lipinski definition) is 0. The average molecular weight is 782 g/mol. The highest BCUT2D eigenvalue weighted by Gasteiger charge is 2.35. The summed E-state index contributed by atoms with van der Waals surface area (Å²) in [7, 11) is -15.7. The van der Waals surface area contributed by atoms with Gasteiger partial charge in [0.1, 0.15) is 58.8 Å². The molecule has 270 valence electrons. The van der Waals surface area contributed by atoms with Crippen molar-refractivity contribution in [1.29, 1.82) is 0 Å². The monoisotopic (exact) mass is 781 g/mol. The highest BCUT2D eigenvalue weighted by Crippen LogP contribution is 2.35. The summed E-state index contributed by atoms with van der Waals surface area (Å²) in [4.78, 5) is 34.8. The minimum absolute atomic E-state index is 0.246. The molecule has 1 atom stereocenters. The maximum absolute atomic E-state index is 13.3. The van der Waals surface area contributed by atoms with Crippen molar-refractivity contribution in [2.24, 2.45) is 5.10 Å². The standard InChI is InChI=1S/C27H22N4O16S4/c1-14(32)24-18(26(34)30(28-24)20-12-16(49(38,39)40)8-10-22(20)47-48(36)37)6-4-3-5-7-19-25(15(2)33)29-31(27(19)35)21-13-17(50(41,42)43)9-11-23(21)51(44,45)46/h3-13,35H,1-2H3,(H,36,37)(H,38,39,40)(H,41,42,43)(H,44,45,46)/p-5/b4-3+,7-5+,18-6-. The third kappa shape index (κ3) is 8.40. The molecule has 0 saturated carbocycles. The Morgan fingerprint density at radius 3 is 1.96 bits per heavy atom. The van der Waals surface area contributed by atoms with Crippen LogP contribution in [0.25, 0.3) is 11.8 Å². The van der Waals surface area contributed by atoms with E-state index in [4.69, 9.17) is 0 Å². The first-order valence-electron chi connectivity index (χ1n) is 13.3. The summed E-state index contributed by atoms with van der Waals surface area (Å²) in [6.45, 7) is 1.99. The molecule has 3 aromatic rings. The second-order valence-electron chi connectivity index (χ2n) is 9.89. The number of aromatic nitrogens is 2. The van der Waals surface area contributed by atoms with Gasteiger partial charge in [0, 0.05) is 19.4 Å². The first kappa shape index (κ1) is 38.6. The number of ketones is 2. The number of Topliss-reactive ketones (excluding diaryl/α,β-unsaturated/α-hetero) is 2. The molecule has 0 radical (unpaired) electrons. The second kappa shape index (κ2) is 14.2. The number of amides is 1. The fourth-order valence-electron chi connectivity index (χ4n) is 4.34. The number of benzene rings is 2. The maximum Gasteiger partial charge on any atom is 0.281 e. The van der Waals surface area contributed by atoms with Crippen LogP contribution in [0.5, 0.6) is 11.6 Å². The summed E-state index contributed by atoms with van der Waals surface area (Å²) in [6, 6.07) is 3.51. The van der Waals surface area contributed by atoms with E-state index in [1.54, 1.807) is 0 Å². The fraction of sp³-hybridized carbons (Fsp3) is 0.0741. The highest BCUT2D eigenvalue weighted by molar-refractivity contribution is 7.86. The Kier molecular flexibility index (Phi) is 10.7. The Bertz CT molecular complexity index is 2500. The molecule has 0 fully saturated rings. The van der Waals surface area contributed by atoms with E-state index >= 15 is 0 Å². The Labute approximate surface area is 290 Å². The van der Waals surface area contributed by atoms with Crippen molar-refractivity contribution in [3.8, 4) is 17.3 Å². The minimum atomic E-state index is -5.38. The van der Waals surface area contributed by atoms with Crippen LogP contribution in [0, 0.1) is 0 Å². The van der Waals surface area contributed by atoms with E-state index in [1.165, 1.54) is 0 Å². The van der Waals surface area contributed by atoms with Crippen molar-refractivity contribution in [1.82, 2.24) is 9.78 Å². The van der Waals surface area contributed by atoms with Gasteiger partial charge in [0.05, 0.1) is 25.9 Å². The molecule has 1 unspecified atom stereocenters. The molecule has 1 aliphatic rings. The second-order valence-corrected chi connectivity index (χ2v) is 14.6. The molecule has 1 aliphatic heterocycles. The lowest BCUT2D eigenvalue weighted by molar-refractivity contribution is -0.278. The SMILES string of the molecule is CC(=O)C1=NN(c2cc(S(=O)(=O)[O-])ccc2OS(=O)[O-])C(=O)\C1=C/C=C/C=C/c1c(C(C)=O)nn(-c2cc(S(=O)(=O)[O-])ccc2S(=O)(=O)[O-])c1[O-]. The predicted octanol–water partition coefficient (Wildman–Crippen LogP) is -0.479. The molecule has 51 heavy (non-hydrogen) atoms. The Morgan fingerprint density at radius 2 is 1.43 bits per heavy atom. The van der Waals surface area contributed by atoms with Gasteiger partial charge in [-0.2, -0.15) is 15.2 Å². The van der Waals surface area contributed by atoms with Crippen LogP contribution in [0.4, 0.5) is 5.69 Å². The minimum Gasteiger partial charge on any atom is -0.858 e. The van der Waals surface area contributed by atoms with E-state index in [0.717, 1.165) is 50.3 Å². The molecule has 1 aromatic heterocycles. The van der Waals surface area contributed by atoms with E-state index in [-0.39, 0.29) is 4.68 Å². The number of hydrogen-bond acceptors (Lipinski definition) is 18. The van der Waals surface area contributed by atoms with Crippen molar-refractivity contribution in [2.45, 2.75) is 28.5 Å². The van der Waals surface area contributed by atoms with Crippen LogP contribution in [-0.2, 0) is 51.3 Å². The van der Waals surface area contributed by atoms with Crippen molar-refractivity contribution < 1.29 is 71.3 Å². The lowest BCUT2D eigenvalue weighted by atomic mass is 10.1. The lowest BCUT2D eigenvalue weighted by Gasteiger charge is -2.19. The molecular formula is C27H17N4O16S4-5. The zero-order valence-corrected chi connectivity index (χ0v) is 28.6. The normalized spacial score (nSPS) is 15.6. The van der Waals surface area contributed by atoms with Crippen LogP contribution in [0.3, 0.4) is 0 Å². The number of rotatable bonds is 12. The molecule has 0 aliphatic carbocycles. The van der Waals surface area contributed by atoms with Gasteiger partial charge in [0.25, 0.3) is 5.91 Å². The van der Waals surface area contributed by atoms with Gasteiger partial charge in [-0.15, -0.1) is 0 Å². The van der Waals surface area contributed by atoms with Crippen molar-refractivity contribution in [2.75, 3.05) is 5.01 Å². The van der Waals surface area contributed by atoms with Crippen molar-refractivity contribution >= 4 is 76.7 Å². The van der Waals surface area contributed by atoms with Crippen LogP contribution in [0.2, 0.25) is 0 Å². The summed E-state index contributed by atoms with van der Waals surface area (Å²) in [5.41, 5.74) is -3.53. The third-order valence-corrected chi connectivity index (χ3v) is 9.35. The third-order valence-electron chi connectivity index (χ3n) is 6.49. The topological polar surface area (TPSA) is 329 Å². The number of allylic oxidation sites excluding steroid dienone is 4. The molecule has 0 saturated heterocycles. The summed E-state index contributed by atoms with van der Waals surface area (Å²) in [5.74, 6) is -4.59. The summed E-state index contributed by atoms with van der Waals surface area (Å²) in [5, 5.41) is 21.2. The van der Waals surface area contributed by atoms with Crippen LogP contribution < -0.4 is 14.3 Å². The molecular weight excluding hydrogens is 765 g/mol. The number of carbonyl (C=O) groups excluding carboxylic acids is 3. The van der Waals surface area contributed by atoms with E-state index < -0.39 is 119 Å². The Morgan fingerprint density at radius 1 is 0.843 bits per heavy atom. The molecule has 2 heterocycles. The van der Waals surface area contributed by atoms with Crippen molar-refractivity contribution in [3.63, 3.8) is 0 Å². The summed E-state index contributed by atoms with van der Waals surface area (Å²) < 4.78 is 132.